The summed E-state index contributed by atoms with van der Waals surface area (Å²) in [6.07, 6.45) is 6.99. The van der Waals surface area contributed by atoms with Crippen molar-refractivity contribution in [3.63, 3.8) is 0 Å². The average Bonchev–Trinajstić information content (AvgIpc) is 3.20. The molecule has 31 heavy (non-hydrogen) atoms. The summed E-state index contributed by atoms with van der Waals surface area (Å²) >= 11 is 0. The van der Waals surface area contributed by atoms with E-state index in [1.807, 2.05) is 24.1 Å². The van der Waals surface area contributed by atoms with Crippen LogP contribution in [0.3, 0.4) is 0 Å². The minimum absolute atomic E-state index is 0.0445. The Balaban J connectivity index is 1.37. The zero-order valence-electron chi connectivity index (χ0n) is 17.3. The molecule has 0 bridgehead atoms. The fourth-order valence-electron chi connectivity index (χ4n) is 3.75. The van der Waals surface area contributed by atoms with Gasteiger partial charge in [0.2, 0.25) is 5.91 Å². The van der Waals surface area contributed by atoms with Crippen LogP contribution in [0.1, 0.15) is 40.4 Å². The van der Waals surface area contributed by atoms with Crippen LogP contribution in [0, 0.1) is 12.7 Å². The van der Waals surface area contributed by atoms with Gasteiger partial charge in [0, 0.05) is 42.8 Å². The highest BCUT2D eigenvalue weighted by Crippen LogP contribution is 2.26. The summed E-state index contributed by atoms with van der Waals surface area (Å²) in [5.41, 5.74) is 2.83. The maximum Gasteiger partial charge on any atom is 0.257 e. The van der Waals surface area contributed by atoms with Gasteiger partial charge in [0.05, 0.1) is 11.8 Å². The van der Waals surface area contributed by atoms with Gasteiger partial charge in [0.25, 0.3) is 5.91 Å². The monoisotopic (exact) mass is 421 g/mol. The first-order valence-corrected chi connectivity index (χ1v) is 10.3. The maximum absolute atomic E-state index is 13.0. The van der Waals surface area contributed by atoms with Crippen LogP contribution in [0.5, 0.6) is 0 Å². The van der Waals surface area contributed by atoms with Gasteiger partial charge in [-0.25, -0.2) is 4.39 Å². The van der Waals surface area contributed by atoms with E-state index in [1.165, 1.54) is 24.3 Å². The molecule has 0 saturated carbocycles. The van der Waals surface area contributed by atoms with E-state index >= 15 is 0 Å². The number of nitrogens with zero attached hydrogens (tertiary/aromatic N) is 4. The topological polar surface area (TPSA) is 80.1 Å². The van der Waals surface area contributed by atoms with Gasteiger partial charge in [-0.3, -0.25) is 19.3 Å². The number of benzene rings is 1. The lowest BCUT2D eigenvalue weighted by Gasteiger charge is -2.32. The molecule has 1 fully saturated rings. The number of halogens is 1. The highest BCUT2D eigenvalue weighted by atomic mass is 19.1. The molecule has 7 nitrogen and oxygen atoms in total. The molecule has 1 saturated heterocycles. The lowest BCUT2D eigenvalue weighted by Crippen LogP contribution is -2.41. The van der Waals surface area contributed by atoms with Gasteiger partial charge in [-0.2, -0.15) is 5.10 Å². The van der Waals surface area contributed by atoms with Gasteiger partial charge in [-0.15, -0.1) is 0 Å². The van der Waals surface area contributed by atoms with E-state index in [2.05, 4.69) is 15.4 Å². The fourth-order valence-corrected chi connectivity index (χ4v) is 3.75. The summed E-state index contributed by atoms with van der Waals surface area (Å²) in [5.74, 6) is -0.487. The quantitative estimate of drug-likeness (QED) is 0.685. The van der Waals surface area contributed by atoms with Gasteiger partial charge >= 0.3 is 0 Å². The third-order valence-corrected chi connectivity index (χ3v) is 5.40. The van der Waals surface area contributed by atoms with Gasteiger partial charge in [-0.1, -0.05) is 0 Å². The molecule has 0 spiro atoms. The van der Waals surface area contributed by atoms with Crippen LogP contribution in [0.4, 0.5) is 10.1 Å². The summed E-state index contributed by atoms with van der Waals surface area (Å²) in [6.45, 7) is 3.51. The number of piperidine rings is 1. The molecule has 2 aromatic heterocycles. The molecular weight excluding hydrogens is 397 g/mol. The van der Waals surface area contributed by atoms with Gasteiger partial charge < -0.3 is 10.2 Å². The number of anilines is 1. The number of carbonyl (C=O) groups is 2. The van der Waals surface area contributed by atoms with Crippen molar-refractivity contribution >= 4 is 17.5 Å². The Bertz CT molecular complexity index is 1060. The first-order valence-electron chi connectivity index (χ1n) is 10.3. The minimum atomic E-state index is -0.358. The second-order valence-corrected chi connectivity index (χ2v) is 7.83. The minimum Gasteiger partial charge on any atom is -0.340 e. The van der Waals surface area contributed by atoms with E-state index in [1.54, 1.807) is 23.1 Å². The molecule has 1 N–H and O–H groups in total. The standard InChI is InChI=1S/C23H24FN5O2/c1-16-11-26-29(13-16)15-22(30)28-10-2-3-18(14-28)21-9-4-17(12-25-21)23(31)27-20-7-5-19(24)6-8-20/h4-9,11-13,18H,2-3,10,14-15H2,1H3,(H,27,31)/t18-/m0/s1. The van der Waals surface area contributed by atoms with Crippen molar-refractivity contribution < 1.29 is 14.0 Å². The normalized spacial score (nSPS) is 16.2. The number of pyridine rings is 1. The number of rotatable bonds is 5. The van der Waals surface area contributed by atoms with E-state index in [4.69, 9.17) is 0 Å². The first-order chi connectivity index (χ1) is 15.0. The molecule has 0 radical (unpaired) electrons. The lowest BCUT2D eigenvalue weighted by molar-refractivity contribution is -0.133. The number of likely N-dealkylation sites (tertiary alicyclic amines) is 1. The van der Waals surface area contributed by atoms with Crippen molar-refractivity contribution in [2.75, 3.05) is 18.4 Å². The summed E-state index contributed by atoms with van der Waals surface area (Å²) in [5, 5.41) is 6.91. The predicted octanol–water partition coefficient (Wildman–Crippen LogP) is 3.38. The third kappa shape index (κ3) is 5.14. The van der Waals surface area contributed by atoms with Crippen molar-refractivity contribution in [3.05, 3.63) is 77.6 Å². The molecule has 3 aromatic rings. The Labute approximate surface area is 179 Å². The second kappa shape index (κ2) is 9.07. The highest BCUT2D eigenvalue weighted by Gasteiger charge is 2.26. The second-order valence-electron chi connectivity index (χ2n) is 7.83. The van der Waals surface area contributed by atoms with Gasteiger partial charge in [0.1, 0.15) is 12.4 Å². The van der Waals surface area contributed by atoms with Crippen LogP contribution in [0.2, 0.25) is 0 Å². The van der Waals surface area contributed by atoms with Crippen LogP contribution in [0.15, 0.2) is 55.0 Å². The van der Waals surface area contributed by atoms with Crippen LogP contribution < -0.4 is 5.32 Å². The summed E-state index contributed by atoms with van der Waals surface area (Å²) < 4.78 is 14.7. The summed E-state index contributed by atoms with van der Waals surface area (Å²) in [7, 11) is 0. The predicted molar refractivity (Wildman–Crippen MR) is 114 cm³/mol. The van der Waals surface area contributed by atoms with E-state index in [-0.39, 0.29) is 30.1 Å². The molecule has 3 heterocycles. The van der Waals surface area contributed by atoms with E-state index in [0.29, 0.717) is 17.8 Å². The number of aryl methyl sites for hydroxylation is 1. The zero-order chi connectivity index (χ0) is 21.8. The average molecular weight is 421 g/mol. The SMILES string of the molecule is Cc1cnn(CC(=O)N2CCC[C@H](c3ccc(C(=O)Nc4ccc(F)cc4)cn3)C2)c1. The number of carbonyl (C=O) groups excluding carboxylic acids is 2. The van der Waals surface area contributed by atoms with Crippen LogP contribution in [-0.2, 0) is 11.3 Å². The van der Waals surface area contributed by atoms with Crippen molar-refractivity contribution in [2.24, 2.45) is 0 Å². The fraction of sp³-hybridized carbons (Fsp3) is 0.304. The van der Waals surface area contributed by atoms with Gasteiger partial charge in [-0.05, 0) is 61.7 Å². The zero-order valence-corrected chi connectivity index (χ0v) is 17.3. The molecule has 1 atom stereocenters. The van der Waals surface area contributed by atoms with Crippen molar-refractivity contribution in [1.29, 1.82) is 0 Å². The molecule has 1 aromatic carbocycles. The smallest absolute Gasteiger partial charge is 0.257 e. The largest absolute Gasteiger partial charge is 0.340 e. The molecule has 8 heteroatoms. The maximum atomic E-state index is 13.0. The van der Waals surface area contributed by atoms with E-state index in [9.17, 15) is 14.0 Å². The lowest BCUT2D eigenvalue weighted by atomic mass is 9.94. The Morgan fingerprint density at radius 3 is 2.65 bits per heavy atom. The number of hydrogen-bond donors (Lipinski definition) is 1. The Morgan fingerprint density at radius 2 is 1.97 bits per heavy atom. The Kier molecular flexibility index (Phi) is 6.06. The van der Waals surface area contributed by atoms with E-state index in [0.717, 1.165) is 30.6 Å². The summed E-state index contributed by atoms with van der Waals surface area (Å²) in [6, 6.07) is 9.17. The molecule has 0 aliphatic carbocycles. The Hall–Kier alpha value is -3.55. The molecule has 4 rings (SSSR count). The van der Waals surface area contributed by atoms with Crippen LogP contribution >= 0.6 is 0 Å². The number of aromatic nitrogens is 3. The van der Waals surface area contributed by atoms with Gasteiger partial charge in [0.15, 0.2) is 0 Å². The summed E-state index contributed by atoms with van der Waals surface area (Å²) in [4.78, 5) is 31.4. The Morgan fingerprint density at radius 1 is 1.16 bits per heavy atom. The molecular formula is C23H24FN5O2. The third-order valence-electron chi connectivity index (χ3n) is 5.40. The number of nitrogens with one attached hydrogen (secondary N) is 1. The van der Waals surface area contributed by atoms with Crippen molar-refractivity contribution in [3.8, 4) is 0 Å². The highest BCUT2D eigenvalue weighted by molar-refractivity contribution is 6.04. The molecule has 1 aliphatic rings. The molecule has 0 unspecified atom stereocenters. The first kappa shape index (κ1) is 20.7. The van der Waals surface area contributed by atoms with Crippen molar-refractivity contribution in [1.82, 2.24) is 19.7 Å². The molecule has 1 aliphatic heterocycles. The van der Waals surface area contributed by atoms with Crippen LogP contribution in [-0.4, -0.2) is 44.6 Å². The van der Waals surface area contributed by atoms with Crippen molar-refractivity contribution in [2.45, 2.75) is 32.2 Å². The van der Waals surface area contributed by atoms with Crippen LogP contribution in [0.25, 0.3) is 0 Å². The molecule has 160 valence electrons. The molecule has 2 amide bonds. The van der Waals surface area contributed by atoms with E-state index < -0.39 is 0 Å². The number of amides is 2. The number of hydrogen-bond acceptors (Lipinski definition) is 4.